The molecule has 0 spiro atoms. The van der Waals surface area contributed by atoms with Crippen molar-refractivity contribution in [3.63, 3.8) is 0 Å². The summed E-state index contributed by atoms with van der Waals surface area (Å²) in [6.45, 7) is -0.451. The quantitative estimate of drug-likeness (QED) is 0.440. The summed E-state index contributed by atoms with van der Waals surface area (Å²) in [7, 11) is -3.51. The minimum Gasteiger partial charge on any atom is -0.346 e. The lowest BCUT2D eigenvalue weighted by atomic mass is 10.0. The summed E-state index contributed by atoms with van der Waals surface area (Å²) in [5, 5.41) is 0.126. The average molecular weight is 502 g/mol. The summed E-state index contributed by atoms with van der Waals surface area (Å²) in [6, 6.07) is 4.23. The standard InChI is InChI=1S/C22H20ClF4N3O2S/c23-18-10-28-6-3-15(18)17-8-20-16(7-19(17)24)13(9-29-33(31,32)14-1-2-14)11-30(20)12-21(4-5-21)22(25,26)27/h3,6-8,10-11,14,29H,1-2,4-5,9,12H2. The number of pyridine rings is 1. The first-order valence-corrected chi connectivity index (χ1v) is 12.4. The second-order valence-corrected chi connectivity index (χ2v) is 11.3. The number of nitrogens with one attached hydrogen (secondary N) is 1. The predicted molar refractivity (Wildman–Crippen MR) is 117 cm³/mol. The molecule has 0 saturated heterocycles. The molecular formula is C22H20ClF4N3O2S. The highest BCUT2D eigenvalue weighted by molar-refractivity contribution is 7.90. The van der Waals surface area contributed by atoms with Gasteiger partial charge in [0, 0.05) is 53.7 Å². The fraction of sp³-hybridized carbons (Fsp3) is 0.409. The molecule has 5 rings (SSSR count). The van der Waals surface area contributed by atoms with Crippen molar-refractivity contribution in [3.05, 3.63) is 53.2 Å². The number of aromatic nitrogens is 2. The first-order chi connectivity index (χ1) is 15.5. The third-order valence-corrected chi connectivity index (χ3v) is 8.67. The molecule has 2 aromatic heterocycles. The van der Waals surface area contributed by atoms with Gasteiger partial charge in [-0.25, -0.2) is 17.5 Å². The molecule has 2 aliphatic rings. The van der Waals surface area contributed by atoms with Gasteiger partial charge in [0.15, 0.2) is 0 Å². The molecule has 0 aliphatic heterocycles. The molecule has 33 heavy (non-hydrogen) atoms. The second kappa shape index (κ2) is 7.68. The molecule has 176 valence electrons. The topological polar surface area (TPSA) is 64.0 Å². The molecule has 11 heteroatoms. The van der Waals surface area contributed by atoms with Crippen LogP contribution < -0.4 is 4.72 Å². The smallest absolute Gasteiger partial charge is 0.346 e. The second-order valence-electron chi connectivity index (χ2n) is 8.83. The summed E-state index contributed by atoms with van der Waals surface area (Å²) in [4.78, 5) is 3.88. The highest BCUT2D eigenvalue weighted by atomic mass is 35.5. The van der Waals surface area contributed by atoms with Crippen molar-refractivity contribution in [1.82, 2.24) is 14.3 Å². The Morgan fingerprint density at radius 3 is 2.55 bits per heavy atom. The van der Waals surface area contributed by atoms with Crippen LogP contribution in [0.3, 0.4) is 0 Å². The molecule has 1 N–H and O–H groups in total. The first-order valence-electron chi connectivity index (χ1n) is 10.5. The number of fused-ring (bicyclic) bond motifs is 1. The van der Waals surface area contributed by atoms with Crippen molar-refractivity contribution in [2.45, 2.75) is 50.2 Å². The van der Waals surface area contributed by atoms with Gasteiger partial charge >= 0.3 is 6.18 Å². The van der Waals surface area contributed by atoms with Crippen LogP contribution >= 0.6 is 11.6 Å². The van der Waals surface area contributed by atoms with Crippen molar-refractivity contribution in [1.29, 1.82) is 0 Å². The Morgan fingerprint density at radius 2 is 1.94 bits per heavy atom. The maximum Gasteiger partial charge on any atom is 0.396 e. The van der Waals surface area contributed by atoms with E-state index in [2.05, 4.69) is 9.71 Å². The lowest BCUT2D eigenvalue weighted by Gasteiger charge is -2.20. The molecule has 2 aliphatic carbocycles. The number of benzene rings is 1. The zero-order valence-corrected chi connectivity index (χ0v) is 18.9. The Balaban J connectivity index is 1.60. The minimum absolute atomic E-state index is 0.0179. The molecule has 2 fully saturated rings. The van der Waals surface area contributed by atoms with Gasteiger partial charge in [0.2, 0.25) is 10.0 Å². The minimum atomic E-state index is -4.37. The van der Waals surface area contributed by atoms with E-state index in [0.717, 1.165) is 0 Å². The molecule has 2 saturated carbocycles. The van der Waals surface area contributed by atoms with Gasteiger partial charge in [-0.3, -0.25) is 4.98 Å². The Labute approximate surface area is 192 Å². The first kappa shape index (κ1) is 22.6. The van der Waals surface area contributed by atoms with Crippen LogP contribution in [-0.2, 0) is 23.1 Å². The van der Waals surface area contributed by atoms with Gasteiger partial charge in [-0.15, -0.1) is 0 Å². The van der Waals surface area contributed by atoms with Gasteiger partial charge in [0.05, 0.1) is 15.7 Å². The SMILES string of the molecule is O=S(=O)(NCc1cn(CC2(C(F)(F)F)CC2)c2cc(-c3ccncc3Cl)c(F)cc12)C1CC1. The number of sulfonamides is 1. The predicted octanol–water partition coefficient (Wildman–Crippen LogP) is 5.42. The van der Waals surface area contributed by atoms with Crippen LogP contribution in [-0.4, -0.2) is 29.4 Å². The van der Waals surface area contributed by atoms with Gasteiger partial charge in [-0.1, -0.05) is 11.6 Å². The van der Waals surface area contributed by atoms with E-state index in [4.69, 9.17) is 11.6 Å². The Hall–Kier alpha value is -2.17. The van der Waals surface area contributed by atoms with Crippen LogP contribution in [0, 0.1) is 11.2 Å². The summed E-state index contributed by atoms with van der Waals surface area (Å²) in [6.07, 6.45) is 1.13. The summed E-state index contributed by atoms with van der Waals surface area (Å²) in [5.41, 5.74) is -0.524. The van der Waals surface area contributed by atoms with Crippen LogP contribution in [0.15, 0.2) is 36.8 Å². The highest BCUT2D eigenvalue weighted by Gasteiger charge is 2.63. The maximum atomic E-state index is 15.1. The fourth-order valence-electron chi connectivity index (χ4n) is 4.14. The van der Waals surface area contributed by atoms with Crippen LogP contribution in [0.1, 0.15) is 31.2 Å². The van der Waals surface area contributed by atoms with Gasteiger partial charge in [0.1, 0.15) is 5.82 Å². The summed E-state index contributed by atoms with van der Waals surface area (Å²) in [5.74, 6) is -0.614. The lowest BCUT2D eigenvalue weighted by Crippen LogP contribution is -2.29. The zero-order valence-electron chi connectivity index (χ0n) is 17.3. The molecule has 0 unspecified atom stereocenters. The van der Waals surface area contributed by atoms with Gasteiger partial charge in [-0.2, -0.15) is 13.2 Å². The van der Waals surface area contributed by atoms with E-state index in [9.17, 15) is 21.6 Å². The molecule has 0 amide bonds. The molecule has 3 aromatic rings. The fourth-order valence-corrected chi connectivity index (χ4v) is 5.71. The number of hydrogen-bond acceptors (Lipinski definition) is 3. The number of hydrogen-bond donors (Lipinski definition) is 1. The van der Waals surface area contributed by atoms with Crippen molar-refractivity contribution < 1.29 is 26.0 Å². The largest absolute Gasteiger partial charge is 0.396 e. The van der Waals surface area contributed by atoms with Gasteiger partial charge < -0.3 is 4.57 Å². The number of halogens is 5. The molecule has 0 bridgehead atoms. The number of nitrogens with zero attached hydrogens (tertiary/aromatic N) is 2. The van der Waals surface area contributed by atoms with Crippen LogP contribution in [0.4, 0.5) is 17.6 Å². The number of alkyl halides is 3. The van der Waals surface area contributed by atoms with E-state index in [1.807, 2.05) is 0 Å². The Bertz CT molecular complexity index is 1350. The summed E-state index contributed by atoms with van der Waals surface area (Å²) < 4.78 is 84.6. The van der Waals surface area contributed by atoms with Crippen molar-refractivity contribution >= 4 is 32.5 Å². The molecule has 2 heterocycles. The monoisotopic (exact) mass is 501 g/mol. The normalized spacial score (nSPS) is 18.1. The van der Waals surface area contributed by atoms with Crippen molar-refractivity contribution in [2.24, 2.45) is 5.41 Å². The molecule has 0 radical (unpaired) electrons. The highest BCUT2D eigenvalue weighted by Crippen LogP contribution is 2.59. The number of rotatable bonds is 7. The van der Waals surface area contributed by atoms with E-state index in [1.165, 1.54) is 41.4 Å². The molecule has 5 nitrogen and oxygen atoms in total. The van der Waals surface area contributed by atoms with E-state index in [0.29, 0.717) is 34.9 Å². The third kappa shape index (κ3) is 4.13. The molecule has 1 aromatic carbocycles. The van der Waals surface area contributed by atoms with Crippen LogP contribution in [0.5, 0.6) is 0 Å². The van der Waals surface area contributed by atoms with Gasteiger partial charge in [-0.05, 0) is 49.4 Å². The van der Waals surface area contributed by atoms with Gasteiger partial charge in [0.25, 0.3) is 0 Å². The van der Waals surface area contributed by atoms with E-state index in [1.54, 1.807) is 0 Å². The molecule has 0 atom stereocenters. The Morgan fingerprint density at radius 1 is 1.21 bits per heavy atom. The van der Waals surface area contributed by atoms with Crippen LogP contribution in [0.25, 0.3) is 22.0 Å². The van der Waals surface area contributed by atoms with E-state index >= 15 is 4.39 Å². The van der Waals surface area contributed by atoms with E-state index in [-0.39, 0.29) is 36.5 Å². The lowest BCUT2D eigenvalue weighted by molar-refractivity contribution is -0.190. The van der Waals surface area contributed by atoms with Crippen molar-refractivity contribution in [2.75, 3.05) is 0 Å². The molecular weight excluding hydrogens is 482 g/mol. The summed E-state index contributed by atoms with van der Waals surface area (Å²) >= 11 is 6.18. The van der Waals surface area contributed by atoms with Crippen LogP contribution in [0.2, 0.25) is 5.02 Å². The van der Waals surface area contributed by atoms with Crippen molar-refractivity contribution in [3.8, 4) is 11.1 Å². The average Bonchev–Trinajstić information content (AvgIpc) is 3.64. The zero-order chi connectivity index (χ0) is 23.6. The maximum absolute atomic E-state index is 15.1. The third-order valence-electron chi connectivity index (χ3n) is 6.47. The Kier molecular flexibility index (Phi) is 5.26. The van der Waals surface area contributed by atoms with E-state index < -0.39 is 32.7 Å².